The van der Waals surface area contributed by atoms with Crippen LogP contribution in [0.15, 0.2) is 0 Å². The summed E-state index contributed by atoms with van der Waals surface area (Å²) in [4.78, 5) is 10.2. The van der Waals surface area contributed by atoms with Crippen molar-refractivity contribution in [3.8, 4) is 0 Å². The van der Waals surface area contributed by atoms with E-state index in [1.807, 2.05) is 13.2 Å². The summed E-state index contributed by atoms with van der Waals surface area (Å²) in [6.07, 6.45) is 2.78. The molecule has 0 fully saturated rings. The lowest BCUT2D eigenvalue weighted by Gasteiger charge is -2.10. The third-order valence-corrected chi connectivity index (χ3v) is 1.32. The lowest BCUT2D eigenvalue weighted by molar-refractivity contribution is 0.480. The minimum Gasteiger partial charge on any atom is -0.307 e. The molecule has 0 aliphatic carbocycles. The molecule has 2 nitrogen and oxygen atoms in total. The first-order chi connectivity index (χ1) is 4.70. The van der Waals surface area contributed by atoms with E-state index in [9.17, 15) is 4.79 Å². The monoisotopic (exact) mass is 142 g/mol. The topological polar surface area (TPSA) is 29.1 Å². The van der Waals surface area contributed by atoms with Crippen LogP contribution in [0, 0.1) is 5.92 Å². The zero-order valence-electron chi connectivity index (χ0n) is 6.98. The lowest BCUT2D eigenvalue weighted by atomic mass is 10.2. The van der Waals surface area contributed by atoms with Crippen LogP contribution in [-0.4, -0.2) is 18.9 Å². The van der Waals surface area contributed by atoms with Gasteiger partial charge in [-0.3, -0.25) is 4.79 Å². The molecular weight excluding hydrogens is 126 g/mol. The molecule has 2 heteroatoms. The van der Waals surface area contributed by atoms with Crippen molar-refractivity contribution in [2.75, 3.05) is 6.54 Å². The molecule has 0 saturated heterocycles. The van der Waals surface area contributed by atoms with Gasteiger partial charge in [0, 0.05) is 0 Å². The Morgan fingerprint density at radius 2 is 2.10 bits per heavy atom. The fourth-order valence-electron chi connectivity index (χ4n) is 0.647. The van der Waals surface area contributed by atoms with Gasteiger partial charge in [0.1, 0.15) is 0 Å². The van der Waals surface area contributed by atoms with Crippen LogP contribution in [0.4, 0.5) is 0 Å². The van der Waals surface area contributed by atoms with Crippen LogP contribution in [0.3, 0.4) is 0 Å². The number of hydrogen-bond donors (Lipinski definition) is 1. The van der Waals surface area contributed by atoms with Gasteiger partial charge >= 0.3 is 0 Å². The summed E-state index contributed by atoms with van der Waals surface area (Å²) in [5.74, 6) is 0.599. The minimum absolute atomic E-state index is 0.0672. The van der Waals surface area contributed by atoms with Gasteiger partial charge in [-0.15, -0.1) is 0 Å². The van der Waals surface area contributed by atoms with Gasteiger partial charge in [0.05, 0.1) is 6.04 Å². The van der Waals surface area contributed by atoms with E-state index < -0.39 is 0 Å². The van der Waals surface area contributed by atoms with Crippen molar-refractivity contribution >= 4 is 6.29 Å². The summed E-state index contributed by atoms with van der Waals surface area (Å²) in [5, 5.41) is 3.09. The Balaban J connectivity index is 3.34. The largest absolute Gasteiger partial charge is 0.307 e. The van der Waals surface area contributed by atoms with E-state index in [-0.39, 0.29) is 6.04 Å². The molecule has 0 aromatic rings. The molecule has 1 unspecified atom stereocenters. The molecule has 0 spiro atoms. The second kappa shape index (κ2) is 5.42. The van der Waals surface area contributed by atoms with Gasteiger partial charge in [0.2, 0.25) is 6.29 Å². The zero-order valence-corrected chi connectivity index (χ0v) is 6.98. The molecule has 0 amide bonds. The summed E-state index contributed by atoms with van der Waals surface area (Å²) in [7, 11) is 0. The van der Waals surface area contributed by atoms with Gasteiger partial charge in [-0.2, -0.15) is 0 Å². The van der Waals surface area contributed by atoms with Crippen LogP contribution in [0.2, 0.25) is 0 Å². The van der Waals surface area contributed by atoms with Crippen molar-refractivity contribution in [3.05, 3.63) is 0 Å². The zero-order chi connectivity index (χ0) is 7.98. The predicted molar refractivity (Wildman–Crippen MR) is 42.6 cm³/mol. The Labute approximate surface area is 63.0 Å². The van der Waals surface area contributed by atoms with Crippen molar-refractivity contribution < 1.29 is 4.79 Å². The smallest absolute Gasteiger partial charge is 0.216 e. The van der Waals surface area contributed by atoms with Crippen LogP contribution in [-0.2, 0) is 4.79 Å². The van der Waals surface area contributed by atoms with Crippen LogP contribution >= 0.6 is 0 Å². The van der Waals surface area contributed by atoms with Gasteiger partial charge in [-0.1, -0.05) is 20.8 Å². The van der Waals surface area contributed by atoms with E-state index in [4.69, 9.17) is 0 Å². The summed E-state index contributed by atoms with van der Waals surface area (Å²) in [5.41, 5.74) is 0. The number of hydrogen-bond acceptors (Lipinski definition) is 2. The maximum atomic E-state index is 10.2. The van der Waals surface area contributed by atoms with Gasteiger partial charge in [0.25, 0.3) is 0 Å². The van der Waals surface area contributed by atoms with Gasteiger partial charge < -0.3 is 5.32 Å². The van der Waals surface area contributed by atoms with Gasteiger partial charge in [-0.25, -0.2) is 0 Å². The lowest BCUT2D eigenvalue weighted by Crippen LogP contribution is -2.32. The summed E-state index contributed by atoms with van der Waals surface area (Å²) in [6.45, 7) is 7.10. The number of rotatable bonds is 5. The average Bonchev–Trinajstić information content (AvgIpc) is 1.90. The fraction of sp³-hybridized carbons (Fsp3) is 0.875. The van der Waals surface area contributed by atoms with Crippen LogP contribution < -0.4 is 5.32 Å². The van der Waals surface area contributed by atoms with E-state index >= 15 is 0 Å². The predicted octanol–water partition coefficient (Wildman–Crippen LogP) is 1.12. The highest BCUT2D eigenvalue weighted by atomic mass is 16.1. The minimum atomic E-state index is -0.0672. The molecule has 10 heavy (non-hydrogen) atoms. The quantitative estimate of drug-likeness (QED) is 0.623. The Morgan fingerprint density at radius 1 is 1.50 bits per heavy atom. The highest BCUT2D eigenvalue weighted by Gasteiger charge is 2.03. The van der Waals surface area contributed by atoms with Gasteiger partial charge in [0.15, 0.2) is 0 Å². The standard InChI is InChI=1S/C8H16NO/c1-4-8(6-10)9-5-7(2)3/h7-9H,4-5H2,1-3H3. The van der Waals surface area contributed by atoms with Crippen LogP contribution in [0.5, 0.6) is 0 Å². The van der Waals surface area contributed by atoms with Crippen molar-refractivity contribution in [1.29, 1.82) is 0 Å². The molecule has 0 heterocycles. The molecule has 1 radical (unpaired) electrons. The van der Waals surface area contributed by atoms with Crippen LogP contribution in [0.1, 0.15) is 27.2 Å². The molecule has 0 aliphatic heterocycles. The van der Waals surface area contributed by atoms with Gasteiger partial charge in [-0.05, 0) is 18.9 Å². The Morgan fingerprint density at radius 3 is 2.40 bits per heavy atom. The first-order valence-corrected chi connectivity index (χ1v) is 3.81. The molecule has 0 rings (SSSR count). The first-order valence-electron chi connectivity index (χ1n) is 3.81. The third-order valence-electron chi connectivity index (χ3n) is 1.32. The van der Waals surface area contributed by atoms with E-state index in [1.54, 1.807) is 0 Å². The summed E-state index contributed by atoms with van der Waals surface area (Å²) >= 11 is 0. The molecule has 0 saturated carbocycles. The van der Waals surface area contributed by atoms with E-state index in [0.29, 0.717) is 5.92 Å². The second-order valence-corrected chi connectivity index (χ2v) is 2.88. The third kappa shape index (κ3) is 4.50. The second-order valence-electron chi connectivity index (χ2n) is 2.88. The Hall–Kier alpha value is -0.370. The molecule has 0 aromatic heterocycles. The first kappa shape index (κ1) is 9.63. The van der Waals surface area contributed by atoms with Crippen molar-refractivity contribution in [2.45, 2.75) is 33.2 Å². The average molecular weight is 142 g/mol. The van der Waals surface area contributed by atoms with Crippen molar-refractivity contribution in [2.24, 2.45) is 5.92 Å². The number of nitrogens with one attached hydrogen (secondary N) is 1. The van der Waals surface area contributed by atoms with Crippen molar-refractivity contribution in [3.63, 3.8) is 0 Å². The molecule has 1 atom stereocenters. The normalized spacial score (nSPS) is 13.6. The SMILES string of the molecule is CCC([C]=O)NCC(C)C. The Bertz CT molecular complexity index is 91.3. The molecule has 1 N–H and O–H groups in total. The van der Waals surface area contributed by atoms with E-state index in [1.165, 1.54) is 0 Å². The summed E-state index contributed by atoms with van der Waals surface area (Å²) < 4.78 is 0. The molecular formula is C8H16NO. The summed E-state index contributed by atoms with van der Waals surface area (Å²) in [6, 6.07) is -0.0672. The highest BCUT2D eigenvalue weighted by molar-refractivity contribution is 5.58. The Kier molecular flexibility index (Phi) is 5.22. The van der Waals surface area contributed by atoms with E-state index in [2.05, 4.69) is 19.2 Å². The molecule has 0 aromatic carbocycles. The maximum Gasteiger partial charge on any atom is 0.216 e. The van der Waals surface area contributed by atoms with Crippen molar-refractivity contribution in [1.82, 2.24) is 5.32 Å². The molecule has 0 aliphatic rings. The number of carbonyl (C=O) groups excluding carboxylic acids is 1. The van der Waals surface area contributed by atoms with Crippen LogP contribution in [0.25, 0.3) is 0 Å². The highest BCUT2D eigenvalue weighted by Crippen LogP contribution is 1.91. The maximum absolute atomic E-state index is 10.2. The fourth-order valence-corrected chi connectivity index (χ4v) is 0.647. The molecule has 0 bridgehead atoms. The van der Waals surface area contributed by atoms with E-state index in [0.717, 1.165) is 13.0 Å². The molecule has 59 valence electrons.